The molecule has 1 saturated heterocycles. The van der Waals surface area contributed by atoms with Gasteiger partial charge in [0.15, 0.2) is 15.0 Å². The molecule has 1 N–H and O–H groups in total. The van der Waals surface area contributed by atoms with Crippen LogP contribution in [0.5, 0.6) is 0 Å². The molecular formula is C21H23N3O3S2. The number of anilines is 2. The molecule has 3 aromatic rings. The molecule has 1 aliphatic rings. The normalized spacial score (nSPS) is 17.4. The molecule has 6 nitrogen and oxygen atoms in total. The first-order valence-electron chi connectivity index (χ1n) is 9.53. The van der Waals surface area contributed by atoms with Crippen molar-refractivity contribution in [2.24, 2.45) is 5.92 Å². The van der Waals surface area contributed by atoms with Crippen LogP contribution in [0.2, 0.25) is 0 Å². The summed E-state index contributed by atoms with van der Waals surface area (Å²) in [6.45, 7) is 3.60. The molecule has 0 aliphatic carbocycles. The standard InChI is InChI=1S/C21H23N3O3S2/c1-14-5-10-18-19(12-14)28-21(23-18)24-11-3-4-15(13-24)20(25)22-16-6-8-17(9-7-16)29(2,26)27/h5-10,12,15H,3-4,11,13H2,1-2H3,(H,22,25). The Morgan fingerprint density at radius 2 is 1.97 bits per heavy atom. The molecule has 8 heteroatoms. The topological polar surface area (TPSA) is 79.4 Å². The molecule has 1 unspecified atom stereocenters. The van der Waals surface area contributed by atoms with Crippen LogP contribution in [0.3, 0.4) is 0 Å². The van der Waals surface area contributed by atoms with Crippen LogP contribution >= 0.6 is 11.3 Å². The molecule has 152 valence electrons. The van der Waals surface area contributed by atoms with Crippen molar-refractivity contribution in [3.05, 3.63) is 48.0 Å². The van der Waals surface area contributed by atoms with E-state index in [9.17, 15) is 13.2 Å². The van der Waals surface area contributed by atoms with Gasteiger partial charge in [-0.25, -0.2) is 13.4 Å². The molecule has 1 fully saturated rings. The molecular weight excluding hydrogens is 406 g/mol. The van der Waals surface area contributed by atoms with Gasteiger partial charge in [0.25, 0.3) is 0 Å². The predicted octanol–water partition coefficient (Wildman–Crippen LogP) is 3.86. The maximum absolute atomic E-state index is 12.8. The number of thiazole rings is 1. The molecule has 4 rings (SSSR count). The Labute approximate surface area is 174 Å². The smallest absolute Gasteiger partial charge is 0.229 e. The fraction of sp³-hybridized carbons (Fsp3) is 0.333. The van der Waals surface area contributed by atoms with Crippen molar-refractivity contribution in [1.82, 2.24) is 4.98 Å². The number of benzene rings is 2. The third-order valence-corrected chi connectivity index (χ3v) is 7.35. The average molecular weight is 430 g/mol. The minimum absolute atomic E-state index is 0.0428. The summed E-state index contributed by atoms with van der Waals surface area (Å²) in [6.07, 6.45) is 2.92. The molecule has 1 aliphatic heterocycles. The number of aryl methyl sites for hydroxylation is 1. The maximum atomic E-state index is 12.8. The number of amides is 1. The van der Waals surface area contributed by atoms with Crippen molar-refractivity contribution >= 4 is 48.1 Å². The van der Waals surface area contributed by atoms with Gasteiger partial charge < -0.3 is 10.2 Å². The highest BCUT2D eigenvalue weighted by atomic mass is 32.2. The summed E-state index contributed by atoms with van der Waals surface area (Å²) in [4.78, 5) is 19.9. The first-order chi connectivity index (χ1) is 13.8. The summed E-state index contributed by atoms with van der Waals surface area (Å²) < 4.78 is 24.3. The van der Waals surface area contributed by atoms with Crippen LogP contribution in [-0.2, 0) is 14.6 Å². The van der Waals surface area contributed by atoms with Crippen LogP contribution in [0.1, 0.15) is 18.4 Å². The monoisotopic (exact) mass is 429 g/mol. The molecule has 2 heterocycles. The highest BCUT2D eigenvalue weighted by Crippen LogP contribution is 2.32. The first kappa shape index (κ1) is 19.8. The van der Waals surface area contributed by atoms with E-state index in [1.165, 1.54) is 24.0 Å². The summed E-state index contributed by atoms with van der Waals surface area (Å²) >= 11 is 1.67. The van der Waals surface area contributed by atoms with Crippen molar-refractivity contribution in [3.63, 3.8) is 0 Å². The lowest BCUT2D eigenvalue weighted by atomic mass is 9.97. The average Bonchev–Trinajstić information content (AvgIpc) is 3.11. The third kappa shape index (κ3) is 4.43. The van der Waals surface area contributed by atoms with E-state index < -0.39 is 9.84 Å². The summed E-state index contributed by atoms with van der Waals surface area (Å²) in [6, 6.07) is 12.5. The molecule has 1 aromatic heterocycles. The fourth-order valence-electron chi connectivity index (χ4n) is 3.55. The Balaban J connectivity index is 1.45. The van der Waals surface area contributed by atoms with Gasteiger partial charge in [-0.2, -0.15) is 0 Å². The van der Waals surface area contributed by atoms with Crippen LogP contribution in [0.15, 0.2) is 47.4 Å². The van der Waals surface area contributed by atoms with Crippen LogP contribution in [-0.4, -0.2) is 38.7 Å². The highest BCUT2D eigenvalue weighted by Gasteiger charge is 2.27. The number of hydrogen-bond acceptors (Lipinski definition) is 6. The highest BCUT2D eigenvalue weighted by molar-refractivity contribution is 7.90. The first-order valence-corrected chi connectivity index (χ1v) is 12.2. The molecule has 29 heavy (non-hydrogen) atoms. The minimum Gasteiger partial charge on any atom is -0.347 e. The Hall–Kier alpha value is -2.45. The number of sulfone groups is 1. The van der Waals surface area contributed by atoms with E-state index in [4.69, 9.17) is 4.98 Å². The Kier molecular flexibility index (Phi) is 5.31. The summed E-state index contributed by atoms with van der Waals surface area (Å²) in [7, 11) is -3.25. The second-order valence-electron chi connectivity index (χ2n) is 7.54. The number of aromatic nitrogens is 1. The van der Waals surface area contributed by atoms with Gasteiger partial charge in [-0.05, 0) is 61.7 Å². The van der Waals surface area contributed by atoms with Crippen LogP contribution < -0.4 is 10.2 Å². The van der Waals surface area contributed by atoms with Gasteiger partial charge in [-0.3, -0.25) is 4.79 Å². The van der Waals surface area contributed by atoms with Crippen molar-refractivity contribution in [1.29, 1.82) is 0 Å². The summed E-state index contributed by atoms with van der Waals surface area (Å²) in [5.74, 6) is -0.175. The van der Waals surface area contributed by atoms with Gasteiger partial charge in [-0.15, -0.1) is 0 Å². The lowest BCUT2D eigenvalue weighted by Gasteiger charge is -2.31. The molecule has 1 atom stereocenters. The molecule has 0 saturated carbocycles. The van der Waals surface area contributed by atoms with Crippen molar-refractivity contribution < 1.29 is 13.2 Å². The fourth-order valence-corrected chi connectivity index (χ4v) is 5.28. The summed E-state index contributed by atoms with van der Waals surface area (Å²) in [5.41, 5.74) is 2.81. The molecule has 2 aromatic carbocycles. The number of carbonyl (C=O) groups excluding carboxylic acids is 1. The quantitative estimate of drug-likeness (QED) is 0.681. The Morgan fingerprint density at radius 1 is 1.21 bits per heavy atom. The molecule has 0 bridgehead atoms. The lowest BCUT2D eigenvalue weighted by molar-refractivity contribution is -0.120. The van der Waals surface area contributed by atoms with Crippen molar-refractivity contribution in [2.75, 3.05) is 29.6 Å². The van der Waals surface area contributed by atoms with Gasteiger partial charge >= 0.3 is 0 Å². The van der Waals surface area contributed by atoms with E-state index in [1.807, 2.05) is 6.07 Å². The Bertz CT molecular complexity index is 1150. The van der Waals surface area contributed by atoms with E-state index in [1.54, 1.807) is 23.5 Å². The molecule has 0 spiro atoms. The zero-order chi connectivity index (χ0) is 20.6. The number of nitrogens with one attached hydrogen (secondary N) is 1. The zero-order valence-electron chi connectivity index (χ0n) is 16.4. The molecule has 1 amide bonds. The van der Waals surface area contributed by atoms with Crippen LogP contribution in [0.25, 0.3) is 10.2 Å². The van der Waals surface area contributed by atoms with E-state index in [0.29, 0.717) is 12.2 Å². The van der Waals surface area contributed by atoms with E-state index in [-0.39, 0.29) is 16.7 Å². The van der Waals surface area contributed by atoms with E-state index >= 15 is 0 Å². The number of fused-ring (bicyclic) bond motifs is 1. The lowest BCUT2D eigenvalue weighted by Crippen LogP contribution is -2.40. The number of carbonyl (C=O) groups is 1. The number of rotatable bonds is 4. The number of piperidine rings is 1. The van der Waals surface area contributed by atoms with Gasteiger partial charge in [0.2, 0.25) is 5.91 Å². The van der Waals surface area contributed by atoms with Crippen LogP contribution in [0, 0.1) is 12.8 Å². The second-order valence-corrected chi connectivity index (χ2v) is 10.6. The number of hydrogen-bond donors (Lipinski definition) is 1. The van der Waals surface area contributed by atoms with Crippen molar-refractivity contribution in [2.45, 2.75) is 24.7 Å². The predicted molar refractivity (Wildman–Crippen MR) is 117 cm³/mol. The largest absolute Gasteiger partial charge is 0.347 e. The van der Waals surface area contributed by atoms with E-state index in [0.717, 1.165) is 34.7 Å². The minimum atomic E-state index is -3.25. The Morgan fingerprint density at radius 3 is 2.69 bits per heavy atom. The van der Waals surface area contributed by atoms with Gasteiger partial charge in [0.05, 0.1) is 21.0 Å². The van der Waals surface area contributed by atoms with Gasteiger partial charge in [0, 0.05) is 25.0 Å². The van der Waals surface area contributed by atoms with Crippen molar-refractivity contribution in [3.8, 4) is 0 Å². The SMILES string of the molecule is Cc1ccc2nc(N3CCCC(C(=O)Nc4ccc(S(C)(=O)=O)cc4)C3)sc2c1. The van der Waals surface area contributed by atoms with Gasteiger partial charge in [-0.1, -0.05) is 17.4 Å². The third-order valence-electron chi connectivity index (χ3n) is 5.15. The number of nitrogens with zero attached hydrogens (tertiary/aromatic N) is 2. The second kappa shape index (κ2) is 7.76. The zero-order valence-corrected chi connectivity index (χ0v) is 18.0. The van der Waals surface area contributed by atoms with Gasteiger partial charge in [0.1, 0.15) is 0 Å². The summed E-state index contributed by atoms with van der Waals surface area (Å²) in [5, 5.41) is 3.88. The van der Waals surface area contributed by atoms with E-state index in [2.05, 4.69) is 29.3 Å². The molecule has 0 radical (unpaired) electrons. The van der Waals surface area contributed by atoms with Crippen LogP contribution in [0.4, 0.5) is 10.8 Å². The maximum Gasteiger partial charge on any atom is 0.229 e.